The molecule has 0 saturated heterocycles. The molecular weight excluding hydrogens is 391 g/mol. The van der Waals surface area contributed by atoms with Gasteiger partial charge in [0.05, 0.1) is 15.9 Å². The van der Waals surface area contributed by atoms with Gasteiger partial charge in [-0.05, 0) is 12.8 Å². The van der Waals surface area contributed by atoms with E-state index in [-0.39, 0.29) is 35.3 Å². The third-order valence-corrected chi connectivity index (χ3v) is 6.04. The van der Waals surface area contributed by atoms with Gasteiger partial charge in [0.1, 0.15) is 0 Å². The van der Waals surface area contributed by atoms with E-state index in [2.05, 4.69) is 6.92 Å². The van der Waals surface area contributed by atoms with Gasteiger partial charge in [-0.2, -0.15) is 0 Å². The van der Waals surface area contributed by atoms with Crippen molar-refractivity contribution in [2.75, 3.05) is 5.75 Å². The van der Waals surface area contributed by atoms with Crippen molar-refractivity contribution in [2.24, 2.45) is 0 Å². The molecule has 0 unspecified atom stereocenters. The van der Waals surface area contributed by atoms with Gasteiger partial charge in [-0.3, -0.25) is 0 Å². The molecule has 0 aliphatic heterocycles. The summed E-state index contributed by atoms with van der Waals surface area (Å²) < 4.78 is 31.3. The summed E-state index contributed by atoms with van der Waals surface area (Å²) in [5.74, 6) is -0.369. The molecule has 0 spiro atoms. The van der Waals surface area contributed by atoms with Gasteiger partial charge in [-0.25, -0.2) is 8.42 Å². The fraction of sp³-hybridized carbons (Fsp3) is 0.917. The van der Waals surface area contributed by atoms with Crippen LogP contribution >= 0.6 is 0 Å². The summed E-state index contributed by atoms with van der Waals surface area (Å²) in [7, 11) is -4.09. The van der Waals surface area contributed by atoms with Crippen LogP contribution in [0.4, 0.5) is 0 Å². The van der Waals surface area contributed by atoms with Crippen LogP contribution in [0, 0.1) is 0 Å². The maximum absolute atomic E-state index is 10.4. The largest absolute Gasteiger partial charge is 1.00 e. The van der Waals surface area contributed by atoms with Crippen LogP contribution in [0.1, 0.15) is 135 Å². The van der Waals surface area contributed by atoms with Crippen LogP contribution < -0.4 is 29.6 Å². The predicted octanol–water partition coefficient (Wildman–Crippen LogP) is 4.91. The zero-order chi connectivity index (χ0) is 20.8. The van der Waals surface area contributed by atoms with E-state index >= 15 is 0 Å². The topological polar surface area (TPSA) is 57.2 Å². The van der Waals surface area contributed by atoms with Gasteiger partial charge >= 0.3 is 29.6 Å². The van der Waals surface area contributed by atoms with Crippen molar-refractivity contribution in [3.05, 3.63) is 12.2 Å². The van der Waals surface area contributed by atoms with Crippen molar-refractivity contribution >= 4 is 10.1 Å². The Labute approximate surface area is 204 Å². The third-order valence-electron chi connectivity index (χ3n) is 5.44. The monoisotopic (exact) mass is 438 g/mol. The molecule has 0 aromatic rings. The molecule has 168 valence electrons. The fourth-order valence-electron chi connectivity index (χ4n) is 3.64. The molecule has 0 aliphatic carbocycles. The van der Waals surface area contributed by atoms with Crippen LogP contribution in [0.2, 0.25) is 0 Å². The van der Waals surface area contributed by atoms with Gasteiger partial charge in [0.15, 0.2) is 0 Å². The minimum absolute atomic E-state index is 0. The van der Waals surface area contributed by atoms with Crippen molar-refractivity contribution in [1.29, 1.82) is 0 Å². The Balaban J connectivity index is 0. The van der Waals surface area contributed by atoms with Crippen molar-refractivity contribution in [1.82, 2.24) is 0 Å². The van der Waals surface area contributed by atoms with Crippen molar-refractivity contribution in [2.45, 2.75) is 135 Å². The minimum atomic E-state index is -4.09. The van der Waals surface area contributed by atoms with E-state index in [0.717, 1.165) is 12.8 Å². The molecule has 0 bridgehead atoms. The van der Waals surface area contributed by atoms with Crippen molar-refractivity contribution < 1.29 is 42.5 Å². The molecule has 0 N–H and O–H groups in total. The maximum atomic E-state index is 10.4. The number of hydrogen-bond acceptors (Lipinski definition) is 3. The Kier molecular flexibility index (Phi) is 27.3. The zero-order valence-electron chi connectivity index (χ0n) is 19.6. The Hall–Kier alpha value is 0.650. The average molecular weight is 439 g/mol. The smallest absolute Gasteiger partial charge is 0.748 e. The molecular formula is C24H47NaO3S. The average Bonchev–Trinajstić information content (AvgIpc) is 2.65. The fourth-order valence-corrected chi connectivity index (χ4v) is 4.02. The zero-order valence-corrected chi connectivity index (χ0v) is 22.5. The van der Waals surface area contributed by atoms with Gasteiger partial charge in [-0.15, -0.1) is 0 Å². The molecule has 29 heavy (non-hydrogen) atoms. The van der Waals surface area contributed by atoms with E-state index < -0.39 is 10.1 Å². The van der Waals surface area contributed by atoms with Gasteiger partial charge in [0.25, 0.3) is 0 Å². The Bertz CT molecular complexity index is 435. The predicted molar refractivity (Wildman–Crippen MR) is 122 cm³/mol. The molecule has 0 rings (SSSR count). The molecule has 0 fully saturated rings. The Morgan fingerprint density at radius 3 is 1.17 bits per heavy atom. The Morgan fingerprint density at radius 2 is 0.862 bits per heavy atom. The minimum Gasteiger partial charge on any atom is -0.748 e. The molecule has 5 heteroatoms. The van der Waals surface area contributed by atoms with Crippen LogP contribution in [0.3, 0.4) is 0 Å². The number of hydrogen-bond donors (Lipinski definition) is 0. The molecule has 0 aromatic heterocycles. The van der Waals surface area contributed by atoms with E-state index in [1.54, 1.807) is 0 Å². The number of allylic oxidation sites excluding steroid dienone is 1. The van der Waals surface area contributed by atoms with E-state index in [9.17, 15) is 13.0 Å². The molecule has 0 radical (unpaired) electrons. The van der Waals surface area contributed by atoms with Crippen molar-refractivity contribution in [3.8, 4) is 0 Å². The van der Waals surface area contributed by atoms with Crippen LogP contribution in [0.5, 0.6) is 0 Å². The summed E-state index contributed by atoms with van der Waals surface area (Å²) in [6, 6.07) is 0. The van der Waals surface area contributed by atoms with E-state index in [1.807, 2.05) is 6.08 Å². The summed E-state index contributed by atoms with van der Waals surface area (Å²) in [4.78, 5) is 0. The summed E-state index contributed by atoms with van der Waals surface area (Å²) in [5, 5.41) is 0. The van der Waals surface area contributed by atoms with E-state index in [0.29, 0.717) is 0 Å². The van der Waals surface area contributed by atoms with Crippen LogP contribution in [0.25, 0.3) is 0 Å². The first-order valence-electron chi connectivity index (χ1n) is 12.1. The number of rotatable bonds is 22. The van der Waals surface area contributed by atoms with Crippen molar-refractivity contribution in [3.63, 3.8) is 0 Å². The first kappa shape index (κ1) is 31.8. The van der Waals surface area contributed by atoms with Crippen LogP contribution in [0.15, 0.2) is 12.2 Å². The third kappa shape index (κ3) is 30.9. The normalized spacial score (nSPS) is 11.8. The van der Waals surface area contributed by atoms with Gasteiger partial charge in [-0.1, -0.05) is 135 Å². The molecule has 3 nitrogen and oxygen atoms in total. The standard InChI is InChI=1S/C24H48O3S.Na/c1-2-3-4-5-6-7-8-9-10-11-12-13-14-15-16-17-18-19-20-21-22-23-24-28(25,26)27;/h22-23H,2-21,24H2,1H3,(H,25,26,27);/q;+1/p-1/b23-22+;. The van der Waals surface area contributed by atoms with Gasteiger partial charge in [0, 0.05) is 0 Å². The first-order chi connectivity index (χ1) is 13.6. The first-order valence-corrected chi connectivity index (χ1v) is 13.7. The quantitative estimate of drug-likeness (QED) is 0.104. The molecule has 0 aliphatic rings. The van der Waals surface area contributed by atoms with Crippen LogP contribution in [-0.2, 0) is 10.1 Å². The summed E-state index contributed by atoms with van der Waals surface area (Å²) >= 11 is 0. The summed E-state index contributed by atoms with van der Waals surface area (Å²) in [6.45, 7) is 2.28. The molecule has 0 amide bonds. The Morgan fingerprint density at radius 1 is 0.552 bits per heavy atom. The molecule has 0 atom stereocenters. The molecule has 0 heterocycles. The maximum Gasteiger partial charge on any atom is 1.00 e. The second-order valence-corrected chi connectivity index (χ2v) is 9.80. The SMILES string of the molecule is CCCCCCCCCCCCCCCCCCCCC/C=C/CS(=O)(=O)[O-].[Na+]. The van der Waals surface area contributed by atoms with E-state index in [1.165, 1.54) is 122 Å². The summed E-state index contributed by atoms with van der Waals surface area (Å²) in [6.07, 6.45) is 30.3. The van der Waals surface area contributed by atoms with E-state index in [4.69, 9.17) is 0 Å². The second kappa shape index (κ2) is 24.9. The second-order valence-electron chi connectivity index (χ2n) is 8.35. The summed E-state index contributed by atoms with van der Waals surface area (Å²) in [5.41, 5.74) is 0. The van der Waals surface area contributed by atoms with Gasteiger partial charge < -0.3 is 4.55 Å². The number of unbranched alkanes of at least 4 members (excludes halogenated alkanes) is 19. The molecule has 0 saturated carbocycles. The van der Waals surface area contributed by atoms with Gasteiger partial charge in [0.2, 0.25) is 0 Å². The van der Waals surface area contributed by atoms with Crippen LogP contribution in [-0.4, -0.2) is 18.7 Å². The molecule has 0 aromatic carbocycles.